The Morgan fingerprint density at radius 3 is 2.22 bits per heavy atom. The van der Waals surface area contributed by atoms with Crippen LogP contribution < -0.4 is 0 Å². The van der Waals surface area contributed by atoms with Crippen molar-refractivity contribution in [1.29, 1.82) is 0 Å². The largest absolute Gasteiger partial charge is 0.341 e. The Kier molecular flexibility index (Phi) is 6.25. The van der Waals surface area contributed by atoms with E-state index in [9.17, 15) is 13.2 Å². The molecule has 0 bridgehead atoms. The molecule has 3 rings (SSSR count). The molecule has 0 N–H and O–H groups in total. The minimum absolute atomic E-state index is 0.0262. The summed E-state index contributed by atoms with van der Waals surface area (Å²) in [5, 5.41) is 4.41. The highest BCUT2D eigenvalue weighted by Gasteiger charge is 2.33. The van der Waals surface area contributed by atoms with E-state index in [-0.39, 0.29) is 17.3 Å². The predicted molar refractivity (Wildman–Crippen MR) is 104 cm³/mol. The van der Waals surface area contributed by atoms with Crippen LogP contribution in [0.3, 0.4) is 0 Å². The van der Waals surface area contributed by atoms with Gasteiger partial charge in [-0.2, -0.15) is 9.40 Å². The third-order valence-electron chi connectivity index (χ3n) is 5.90. The number of likely N-dealkylation sites (tertiary alicyclic amines) is 1. The molecule has 2 saturated heterocycles. The first-order chi connectivity index (χ1) is 12.8. The first kappa shape index (κ1) is 20.3. The van der Waals surface area contributed by atoms with E-state index < -0.39 is 10.0 Å². The lowest BCUT2D eigenvalue weighted by molar-refractivity contribution is -0.132. The van der Waals surface area contributed by atoms with Crippen LogP contribution in [0.1, 0.15) is 56.8 Å². The maximum atomic E-state index is 13.2. The predicted octanol–water partition coefficient (Wildman–Crippen LogP) is 2.32. The Hall–Kier alpha value is -1.41. The summed E-state index contributed by atoms with van der Waals surface area (Å²) >= 11 is 0. The topological polar surface area (TPSA) is 75.5 Å². The van der Waals surface area contributed by atoms with Crippen LogP contribution in [-0.4, -0.2) is 59.5 Å². The quantitative estimate of drug-likeness (QED) is 0.783. The maximum absolute atomic E-state index is 13.2. The summed E-state index contributed by atoms with van der Waals surface area (Å²) in [6.45, 7) is 8.44. The van der Waals surface area contributed by atoms with Gasteiger partial charge in [-0.3, -0.25) is 9.48 Å². The Morgan fingerprint density at radius 1 is 1.04 bits per heavy atom. The van der Waals surface area contributed by atoms with Crippen molar-refractivity contribution in [2.24, 2.45) is 5.92 Å². The fraction of sp³-hybridized carbons (Fsp3) is 0.789. The molecule has 1 aromatic rings. The van der Waals surface area contributed by atoms with Gasteiger partial charge in [0.05, 0.1) is 11.4 Å². The number of nitrogens with zero attached hydrogens (tertiary/aromatic N) is 4. The molecule has 3 heterocycles. The second-order valence-corrected chi connectivity index (χ2v) is 9.91. The van der Waals surface area contributed by atoms with Crippen LogP contribution in [0, 0.1) is 19.8 Å². The smallest absolute Gasteiger partial charge is 0.246 e. The molecule has 0 aromatic carbocycles. The zero-order valence-corrected chi connectivity index (χ0v) is 17.6. The second kappa shape index (κ2) is 8.31. The first-order valence-electron chi connectivity index (χ1n) is 10.1. The van der Waals surface area contributed by atoms with E-state index in [1.165, 1.54) is 12.8 Å². The number of aryl methyl sites for hydroxylation is 1. The van der Waals surface area contributed by atoms with Crippen molar-refractivity contribution < 1.29 is 13.2 Å². The molecule has 152 valence electrons. The van der Waals surface area contributed by atoms with E-state index >= 15 is 0 Å². The molecule has 0 unspecified atom stereocenters. The number of aromatic nitrogens is 2. The van der Waals surface area contributed by atoms with Crippen LogP contribution in [0.2, 0.25) is 0 Å². The molecule has 7 nitrogen and oxygen atoms in total. The number of hydrogen-bond acceptors (Lipinski definition) is 4. The molecule has 1 aromatic heterocycles. The SMILES string of the molecule is Cc1nn(CC(=O)N2CCCCCC2)c(C)c1S(=O)(=O)N1CCC(C)CC1. The molecule has 1 amide bonds. The standard InChI is InChI=1S/C19H32N4O3S/c1-15-8-12-22(13-9-15)27(25,26)19-16(2)20-23(17(19)3)14-18(24)21-10-6-4-5-7-11-21/h15H,4-14H2,1-3H3. The molecule has 2 aliphatic rings. The molecule has 0 radical (unpaired) electrons. The lowest BCUT2D eigenvalue weighted by Crippen LogP contribution is -2.38. The number of piperidine rings is 1. The van der Waals surface area contributed by atoms with Crippen molar-refractivity contribution in [2.75, 3.05) is 26.2 Å². The van der Waals surface area contributed by atoms with Gasteiger partial charge in [0.15, 0.2) is 0 Å². The van der Waals surface area contributed by atoms with Crippen LogP contribution in [0.5, 0.6) is 0 Å². The van der Waals surface area contributed by atoms with Crippen LogP contribution >= 0.6 is 0 Å². The molecule has 27 heavy (non-hydrogen) atoms. The summed E-state index contributed by atoms with van der Waals surface area (Å²) in [4.78, 5) is 14.9. The summed E-state index contributed by atoms with van der Waals surface area (Å²) in [5.74, 6) is 0.589. The van der Waals surface area contributed by atoms with Crippen LogP contribution in [-0.2, 0) is 21.4 Å². The Bertz CT molecular complexity index is 771. The lowest BCUT2D eigenvalue weighted by atomic mass is 10.0. The van der Waals surface area contributed by atoms with E-state index in [1.807, 2.05) is 4.90 Å². The van der Waals surface area contributed by atoms with Gasteiger partial charge in [-0.25, -0.2) is 8.42 Å². The highest BCUT2D eigenvalue weighted by atomic mass is 32.2. The van der Waals surface area contributed by atoms with Gasteiger partial charge in [0, 0.05) is 26.2 Å². The van der Waals surface area contributed by atoms with E-state index in [0.29, 0.717) is 30.4 Å². The van der Waals surface area contributed by atoms with Gasteiger partial charge in [0.1, 0.15) is 11.4 Å². The highest BCUT2D eigenvalue weighted by molar-refractivity contribution is 7.89. The number of carbonyl (C=O) groups is 1. The average Bonchev–Trinajstić information content (AvgIpc) is 2.81. The fourth-order valence-electron chi connectivity index (χ4n) is 4.11. The van der Waals surface area contributed by atoms with Gasteiger partial charge in [-0.05, 0) is 45.4 Å². The maximum Gasteiger partial charge on any atom is 0.246 e. The first-order valence-corrected chi connectivity index (χ1v) is 11.6. The van der Waals surface area contributed by atoms with Gasteiger partial charge in [-0.1, -0.05) is 19.8 Å². The summed E-state index contributed by atoms with van der Waals surface area (Å²) in [6.07, 6.45) is 6.19. The van der Waals surface area contributed by atoms with Crippen molar-refractivity contribution in [3.8, 4) is 0 Å². The zero-order chi connectivity index (χ0) is 19.6. The molecular weight excluding hydrogens is 364 g/mol. The minimum atomic E-state index is -3.57. The van der Waals surface area contributed by atoms with Crippen molar-refractivity contribution in [1.82, 2.24) is 19.0 Å². The number of carbonyl (C=O) groups excluding carboxylic acids is 1. The van der Waals surface area contributed by atoms with Gasteiger partial charge < -0.3 is 4.90 Å². The molecule has 0 spiro atoms. The van der Waals surface area contributed by atoms with Crippen LogP contribution in [0.25, 0.3) is 0 Å². The molecule has 2 aliphatic heterocycles. The lowest BCUT2D eigenvalue weighted by Gasteiger charge is -2.29. The van der Waals surface area contributed by atoms with Gasteiger partial charge in [0.2, 0.25) is 15.9 Å². The number of hydrogen-bond donors (Lipinski definition) is 0. The molecule has 0 saturated carbocycles. The summed E-state index contributed by atoms with van der Waals surface area (Å²) in [6, 6.07) is 0. The van der Waals surface area contributed by atoms with E-state index in [1.54, 1.807) is 22.8 Å². The number of rotatable bonds is 4. The number of sulfonamides is 1. The zero-order valence-electron chi connectivity index (χ0n) is 16.8. The summed E-state index contributed by atoms with van der Waals surface area (Å²) in [5.41, 5.74) is 1.05. The van der Waals surface area contributed by atoms with Crippen molar-refractivity contribution in [3.05, 3.63) is 11.4 Å². The van der Waals surface area contributed by atoms with Crippen molar-refractivity contribution >= 4 is 15.9 Å². The molecule has 8 heteroatoms. The minimum Gasteiger partial charge on any atom is -0.341 e. The van der Waals surface area contributed by atoms with E-state index in [0.717, 1.165) is 38.8 Å². The van der Waals surface area contributed by atoms with Crippen LogP contribution in [0.4, 0.5) is 0 Å². The second-order valence-electron chi connectivity index (χ2n) is 8.04. The third-order valence-corrected chi connectivity index (χ3v) is 8.05. The molecule has 2 fully saturated rings. The summed E-state index contributed by atoms with van der Waals surface area (Å²) in [7, 11) is -3.57. The third kappa shape index (κ3) is 4.37. The molecule has 0 aliphatic carbocycles. The van der Waals surface area contributed by atoms with E-state index in [4.69, 9.17) is 0 Å². The van der Waals surface area contributed by atoms with Gasteiger partial charge in [0.25, 0.3) is 0 Å². The van der Waals surface area contributed by atoms with Gasteiger partial charge >= 0.3 is 0 Å². The van der Waals surface area contributed by atoms with Crippen LogP contribution in [0.15, 0.2) is 4.90 Å². The van der Waals surface area contributed by atoms with Crippen molar-refractivity contribution in [2.45, 2.75) is 70.7 Å². The Morgan fingerprint density at radius 2 is 1.63 bits per heavy atom. The van der Waals surface area contributed by atoms with Gasteiger partial charge in [-0.15, -0.1) is 0 Å². The van der Waals surface area contributed by atoms with E-state index in [2.05, 4.69) is 12.0 Å². The highest BCUT2D eigenvalue weighted by Crippen LogP contribution is 2.27. The summed E-state index contributed by atoms with van der Waals surface area (Å²) < 4.78 is 29.5. The molecule has 0 atom stereocenters. The number of amides is 1. The Balaban J connectivity index is 1.79. The fourth-order valence-corrected chi connectivity index (χ4v) is 5.95. The average molecular weight is 397 g/mol. The Labute approximate surface area is 162 Å². The monoisotopic (exact) mass is 396 g/mol. The molecular formula is C19H32N4O3S. The van der Waals surface area contributed by atoms with Crippen molar-refractivity contribution in [3.63, 3.8) is 0 Å². The normalized spacial score (nSPS) is 20.6.